The Morgan fingerprint density at radius 3 is 2.53 bits per heavy atom. The van der Waals surface area contributed by atoms with Crippen LogP contribution in [-0.2, 0) is 6.54 Å². The number of benzene rings is 2. The maximum Gasteiger partial charge on any atom is 0.124 e. The first-order valence-electron chi connectivity index (χ1n) is 5.99. The average Bonchev–Trinajstić information content (AvgIpc) is 2.37. The van der Waals surface area contributed by atoms with Gasteiger partial charge in [-0.25, -0.2) is 8.78 Å². The van der Waals surface area contributed by atoms with Crippen molar-refractivity contribution < 1.29 is 8.78 Å². The summed E-state index contributed by atoms with van der Waals surface area (Å²) in [6.07, 6.45) is 0. The second-order valence-corrected chi connectivity index (χ2v) is 4.80. The lowest BCUT2D eigenvalue weighted by molar-refractivity contribution is 0.564. The van der Waals surface area contributed by atoms with E-state index in [4.69, 9.17) is 11.6 Å². The molecule has 0 aliphatic carbocycles. The molecule has 0 bridgehead atoms. The minimum absolute atomic E-state index is 0.0168. The number of hydrogen-bond donors (Lipinski definition) is 1. The fraction of sp³-hybridized carbons (Fsp3) is 0.200. The molecule has 0 amide bonds. The molecule has 0 fully saturated rings. The number of rotatable bonds is 4. The average molecular weight is 282 g/mol. The molecule has 0 heterocycles. The van der Waals surface area contributed by atoms with Crippen molar-refractivity contribution in [1.82, 2.24) is 5.32 Å². The minimum Gasteiger partial charge on any atom is -0.306 e. The van der Waals surface area contributed by atoms with Crippen LogP contribution >= 0.6 is 11.6 Å². The SMILES string of the molecule is C[C@@H](NCc1ccc(F)cc1Cl)c1cccc(F)c1. The third-order valence-corrected chi connectivity index (χ3v) is 3.31. The van der Waals surface area contributed by atoms with Crippen molar-refractivity contribution in [1.29, 1.82) is 0 Å². The van der Waals surface area contributed by atoms with Gasteiger partial charge in [0.15, 0.2) is 0 Å². The normalized spacial score (nSPS) is 12.4. The van der Waals surface area contributed by atoms with Crippen LogP contribution in [0.1, 0.15) is 24.1 Å². The van der Waals surface area contributed by atoms with Crippen LogP contribution in [0.2, 0.25) is 5.02 Å². The Bertz CT molecular complexity index is 572. The summed E-state index contributed by atoms with van der Waals surface area (Å²) in [5.74, 6) is -0.613. The van der Waals surface area contributed by atoms with Crippen molar-refractivity contribution in [2.75, 3.05) is 0 Å². The molecule has 0 aliphatic rings. The standard InChI is InChI=1S/C15H14ClF2N/c1-10(11-3-2-4-13(17)7-11)19-9-12-5-6-14(18)8-15(12)16/h2-8,10,19H,9H2,1H3/t10-/m1/s1. The first kappa shape index (κ1) is 14.0. The minimum atomic E-state index is -0.355. The van der Waals surface area contributed by atoms with Crippen molar-refractivity contribution in [3.05, 3.63) is 70.2 Å². The van der Waals surface area contributed by atoms with Gasteiger partial charge in [-0.1, -0.05) is 29.8 Å². The molecular weight excluding hydrogens is 268 g/mol. The molecule has 2 aromatic rings. The van der Waals surface area contributed by atoms with E-state index < -0.39 is 0 Å². The van der Waals surface area contributed by atoms with Crippen LogP contribution in [0.5, 0.6) is 0 Å². The van der Waals surface area contributed by atoms with Crippen molar-refractivity contribution >= 4 is 11.6 Å². The van der Waals surface area contributed by atoms with E-state index in [2.05, 4.69) is 5.32 Å². The third-order valence-electron chi connectivity index (χ3n) is 2.96. The van der Waals surface area contributed by atoms with E-state index in [9.17, 15) is 8.78 Å². The second kappa shape index (κ2) is 6.13. The summed E-state index contributed by atoms with van der Waals surface area (Å²) in [4.78, 5) is 0. The topological polar surface area (TPSA) is 12.0 Å². The van der Waals surface area contributed by atoms with E-state index in [1.54, 1.807) is 12.1 Å². The van der Waals surface area contributed by atoms with E-state index in [1.165, 1.54) is 24.3 Å². The summed E-state index contributed by atoms with van der Waals surface area (Å²) in [6.45, 7) is 2.43. The maximum atomic E-state index is 13.1. The Morgan fingerprint density at radius 1 is 1.11 bits per heavy atom. The van der Waals surface area contributed by atoms with Crippen molar-refractivity contribution in [2.45, 2.75) is 19.5 Å². The fourth-order valence-corrected chi connectivity index (χ4v) is 2.06. The van der Waals surface area contributed by atoms with Crippen LogP contribution in [0.3, 0.4) is 0 Å². The zero-order valence-corrected chi connectivity index (χ0v) is 11.2. The Hall–Kier alpha value is -1.45. The summed E-state index contributed by atoms with van der Waals surface area (Å²) < 4.78 is 26.0. The smallest absolute Gasteiger partial charge is 0.124 e. The summed E-state index contributed by atoms with van der Waals surface area (Å²) in [6, 6.07) is 10.7. The zero-order valence-electron chi connectivity index (χ0n) is 10.5. The Balaban J connectivity index is 2.02. The van der Waals surface area contributed by atoms with E-state index in [0.717, 1.165) is 11.1 Å². The molecule has 0 spiro atoms. The van der Waals surface area contributed by atoms with Crippen molar-refractivity contribution in [3.8, 4) is 0 Å². The van der Waals surface area contributed by atoms with Gasteiger partial charge in [-0.15, -0.1) is 0 Å². The molecule has 19 heavy (non-hydrogen) atoms. The van der Waals surface area contributed by atoms with Gasteiger partial charge < -0.3 is 5.32 Å². The maximum absolute atomic E-state index is 13.1. The van der Waals surface area contributed by atoms with E-state index in [0.29, 0.717) is 11.6 Å². The van der Waals surface area contributed by atoms with Gasteiger partial charge in [0.25, 0.3) is 0 Å². The molecule has 0 saturated carbocycles. The van der Waals surface area contributed by atoms with Gasteiger partial charge >= 0.3 is 0 Å². The highest BCUT2D eigenvalue weighted by atomic mass is 35.5. The molecule has 0 aromatic heterocycles. The van der Waals surface area contributed by atoms with Crippen LogP contribution in [0, 0.1) is 11.6 Å². The van der Waals surface area contributed by atoms with Gasteiger partial charge in [0, 0.05) is 17.6 Å². The molecular formula is C15H14ClF2N. The molecule has 1 N–H and O–H groups in total. The lowest BCUT2D eigenvalue weighted by atomic mass is 10.1. The predicted octanol–water partition coefficient (Wildman–Crippen LogP) is 4.47. The lowest BCUT2D eigenvalue weighted by Crippen LogP contribution is -2.18. The molecule has 2 rings (SSSR count). The summed E-state index contributed by atoms with van der Waals surface area (Å²) >= 11 is 5.94. The number of nitrogens with one attached hydrogen (secondary N) is 1. The van der Waals surface area contributed by atoms with Gasteiger partial charge in [-0.05, 0) is 42.3 Å². The van der Waals surface area contributed by atoms with Gasteiger partial charge in [0.05, 0.1) is 0 Å². The second-order valence-electron chi connectivity index (χ2n) is 4.39. The first-order valence-corrected chi connectivity index (χ1v) is 6.37. The lowest BCUT2D eigenvalue weighted by Gasteiger charge is -2.15. The summed E-state index contributed by atoms with van der Waals surface area (Å²) in [5.41, 5.74) is 1.67. The van der Waals surface area contributed by atoms with Crippen LogP contribution in [-0.4, -0.2) is 0 Å². The van der Waals surface area contributed by atoms with Crippen LogP contribution in [0.15, 0.2) is 42.5 Å². The monoisotopic (exact) mass is 281 g/mol. The highest BCUT2D eigenvalue weighted by Crippen LogP contribution is 2.19. The largest absolute Gasteiger partial charge is 0.306 e. The molecule has 1 atom stereocenters. The molecule has 2 aromatic carbocycles. The molecule has 1 nitrogen and oxygen atoms in total. The van der Waals surface area contributed by atoms with Crippen LogP contribution < -0.4 is 5.32 Å². The first-order chi connectivity index (χ1) is 9.06. The van der Waals surface area contributed by atoms with Crippen molar-refractivity contribution in [2.24, 2.45) is 0 Å². The quantitative estimate of drug-likeness (QED) is 0.872. The number of halogens is 3. The van der Waals surface area contributed by atoms with Crippen LogP contribution in [0.25, 0.3) is 0 Å². The highest BCUT2D eigenvalue weighted by Gasteiger charge is 2.07. The third kappa shape index (κ3) is 3.75. The molecule has 100 valence electrons. The zero-order chi connectivity index (χ0) is 13.8. The Labute approximate surface area is 116 Å². The molecule has 0 aliphatic heterocycles. The van der Waals surface area contributed by atoms with E-state index in [1.807, 2.05) is 13.0 Å². The highest BCUT2D eigenvalue weighted by molar-refractivity contribution is 6.31. The Kier molecular flexibility index (Phi) is 4.51. The van der Waals surface area contributed by atoms with Gasteiger partial charge in [0.1, 0.15) is 11.6 Å². The fourth-order valence-electron chi connectivity index (χ4n) is 1.82. The molecule has 0 saturated heterocycles. The van der Waals surface area contributed by atoms with Crippen LogP contribution in [0.4, 0.5) is 8.78 Å². The van der Waals surface area contributed by atoms with Gasteiger partial charge in [-0.3, -0.25) is 0 Å². The van der Waals surface area contributed by atoms with E-state index >= 15 is 0 Å². The van der Waals surface area contributed by atoms with E-state index in [-0.39, 0.29) is 17.7 Å². The van der Waals surface area contributed by atoms with Crippen molar-refractivity contribution in [3.63, 3.8) is 0 Å². The predicted molar refractivity (Wildman–Crippen MR) is 73.1 cm³/mol. The molecule has 0 radical (unpaired) electrons. The van der Waals surface area contributed by atoms with Gasteiger partial charge in [0.2, 0.25) is 0 Å². The molecule has 0 unspecified atom stereocenters. The van der Waals surface area contributed by atoms with Gasteiger partial charge in [-0.2, -0.15) is 0 Å². The Morgan fingerprint density at radius 2 is 1.84 bits per heavy atom. The molecule has 4 heteroatoms. The number of hydrogen-bond acceptors (Lipinski definition) is 1. The summed E-state index contributed by atoms with van der Waals surface area (Å²) in [7, 11) is 0. The summed E-state index contributed by atoms with van der Waals surface area (Å²) in [5, 5.41) is 3.62.